The summed E-state index contributed by atoms with van der Waals surface area (Å²) in [5.41, 5.74) is 0.646. The minimum atomic E-state index is -0.274. The topological polar surface area (TPSA) is 97.7 Å². The first kappa shape index (κ1) is 20.7. The standard InChI is InChI=1S/C23H25N3O6/c1-30-18-10-14(2-5-17(18)32-13-19(27)25-6-8-31-9-7-25)12-24-26-22(28)20-15-3-4-16(11-15)21(20)23(26)29/h2-5,10,12,15-16,20-21H,6-9,11,13H2,1H3. The second-order valence-electron chi connectivity index (χ2n) is 8.42. The summed E-state index contributed by atoms with van der Waals surface area (Å²) in [4.78, 5) is 39.5. The van der Waals surface area contributed by atoms with Crippen LogP contribution in [0.5, 0.6) is 11.5 Å². The number of ether oxygens (including phenoxy) is 3. The van der Waals surface area contributed by atoms with Gasteiger partial charge < -0.3 is 19.1 Å². The Labute approximate surface area is 185 Å². The summed E-state index contributed by atoms with van der Waals surface area (Å²) in [6.07, 6.45) is 6.46. The number of rotatable bonds is 6. The number of benzene rings is 1. The molecule has 2 saturated heterocycles. The summed E-state index contributed by atoms with van der Waals surface area (Å²) >= 11 is 0. The summed E-state index contributed by atoms with van der Waals surface area (Å²) in [6.45, 7) is 2.08. The third-order valence-electron chi connectivity index (χ3n) is 6.67. The highest BCUT2D eigenvalue weighted by Gasteiger charge is 2.59. The lowest BCUT2D eigenvalue weighted by atomic mass is 9.85. The fourth-order valence-corrected chi connectivity index (χ4v) is 5.05. The van der Waals surface area contributed by atoms with Crippen molar-refractivity contribution in [2.24, 2.45) is 28.8 Å². The van der Waals surface area contributed by atoms with Crippen molar-refractivity contribution >= 4 is 23.9 Å². The summed E-state index contributed by atoms with van der Waals surface area (Å²) in [5, 5.41) is 5.20. The molecule has 0 aromatic heterocycles. The number of nitrogens with zero attached hydrogens (tertiary/aromatic N) is 3. The number of hydrogen-bond acceptors (Lipinski definition) is 7. The van der Waals surface area contributed by atoms with Crippen LogP contribution in [0.15, 0.2) is 35.5 Å². The smallest absolute Gasteiger partial charge is 0.260 e. The lowest BCUT2D eigenvalue weighted by Crippen LogP contribution is -2.43. The van der Waals surface area contributed by atoms with Gasteiger partial charge in [0.2, 0.25) is 0 Å². The van der Waals surface area contributed by atoms with Crippen molar-refractivity contribution in [1.29, 1.82) is 0 Å². The van der Waals surface area contributed by atoms with Crippen molar-refractivity contribution in [3.8, 4) is 11.5 Å². The second kappa shape index (κ2) is 8.38. The largest absolute Gasteiger partial charge is 0.493 e. The molecular weight excluding hydrogens is 414 g/mol. The highest BCUT2D eigenvalue weighted by molar-refractivity contribution is 6.06. The fourth-order valence-electron chi connectivity index (χ4n) is 5.05. The minimum Gasteiger partial charge on any atom is -0.493 e. The Morgan fingerprint density at radius 3 is 2.47 bits per heavy atom. The predicted molar refractivity (Wildman–Crippen MR) is 113 cm³/mol. The van der Waals surface area contributed by atoms with E-state index < -0.39 is 0 Å². The second-order valence-corrected chi connectivity index (χ2v) is 8.42. The van der Waals surface area contributed by atoms with E-state index in [0.717, 1.165) is 11.4 Å². The van der Waals surface area contributed by atoms with Gasteiger partial charge >= 0.3 is 0 Å². The lowest BCUT2D eigenvalue weighted by molar-refractivity contribution is -0.140. The van der Waals surface area contributed by atoms with Crippen molar-refractivity contribution in [3.63, 3.8) is 0 Å². The molecule has 168 valence electrons. The maximum atomic E-state index is 12.7. The number of allylic oxidation sites excluding steroid dienone is 2. The third kappa shape index (κ3) is 3.56. The van der Waals surface area contributed by atoms with Crippen LogP contribution >= 0.6 is 0 Å². The van der Waals surface area contributed by atoms with E-state index in [4.69, 9.17) is 14.2 Å². The Balaban J connectivity index is 1.24. The SMILES string of the molecule is COc1cc(C=NN2C(=O)C3C4C=CC(C4)C3C2=O)ccc1OCC(=O)N1CCOCC1. The van der Waals surface area contributed by atoms with Crippen LogP contribution in [0, 0.1) is 23.7 Å². The molecule has 9 nitrogen and oxygen atoms in total. The number of hydrazone groups is 1. The van der Waals surface area contributed by atoms with E-state index in [0.29, 0.717) is 43.4 Å². The highest BCUT2D eigenvalue weighted by Crippen LogP contribution is 2.52. The van der Waals surface area contributed by atoms with Crippen LogP contribution < -0.4 is 9.47 Å². The molecular formula is C23H25N3O6. The van der Waals surface area contributed by atoms with Gasteiger partial charge in [-0.3, -0.25) is 14.4 Å². The maximum absolute atomic E-state index is 12.7. The fraction of sp³-hybridized carbons (Fsp3) is 0.478. The number of fused-ring (bicyclic) bond motifs is 5. The molecule has 2 aliphatic carbocycles. The van der Waals surface area contributed by atoms with Crippen LogP contribution in [-0.2, 0) is 19.1 Å². The number of hydrogen-bond donors (Lipinski definition) is 0. The van der Waals surface area contributed by atoms with Gasteiger partial charge in [0.25, 0.3) is 17.7 Å². The van der Waals surface area contributed by atoms with Crippen LogP contribution in [0.1, 0.15) is 12.0 Å². The van der Waals surface area contributed by atoms with Gasteiger partial charge in [-0.25, -0.2) is 0 Å². The van der Waals surface area contributed by atoms with Gasteiger partial charge in [0.05, 0.1) is 38.4 Å². The maximum Gasteiger partial charge on any atom is 0.260 e. The average Bonchev–Trinajstić information content (AvgIpc) is 3.51. The zero-order chi connectivity index (χ0) is 22.2. The van der Waals surface area contributed by atoms with Crippen molar-refractivity contribution < 1.29 is 28.6 Å². The Hall–Kier alpha value is -3.20. The Morgan fingerprint density at radius 1 is 1.12 bits per heavy atom. The molecule has 0 spiro atoms. The van der Waals surface area contributed by atoms with Gasteiger partial charge in [-0.1, -0.05) is 12.2 Å². The van der Waals surface area contributed by atoms with Crippen LogP contribution in [0.3, 0.4) is 0 Å². The monoisotopic (exact) mass is 439 g/mol. The van der Waals surface area contributed by atoms with Gasteiger partial charge in [-0.15, -0.1) is 0 Å². The molecule has 2 aliphatic heterocycles. The van der Waals surface area contributed by atoms with E-state index >= 15 is 0 Å². The van der Waals surface area contributed by atoms with Crippen LogP contribution in [-0.4, -0.2) is 73.9 Å². The molecule has 4 aliphatic rings. The number of carbonyl (C=O) groups is 3. The Kier molecular flexibility index (Phi) is 5.42. The number of methoxy groups -OCH3 is 1. The molecule has 3 amide bonds. The van der Waals surface area contributed by atoms with E-state index in [1.807, 2.05) is 0 Å². The average molecular weight is 439 g/mol. The van der Waals surface area contributed by atoms with E-state index in [1.54, 1.807) is 23.1 Å². The van der Waals surface area contributed by atoms with Crippen molar-refractivity contribution in [3.05, 3.63) is 35.9 Å². The molecule has 2 heterocycles. The Bertz CT molecular complexity index is 969. The molecule has 1 aromatic rings. The van der Waals surface area contributed by atoms with E-state index in [9.17, 15) is 14.4 Å². The van der Waals surface area contributed by atoms with Crippen molar-refractivity contribution in [1.82, 2.24) is 9.91 Å². The summed E-state index contributed by atoms with van der Waals surface area (Å²) in [6, 6.07) is 5.10. The van der Waals surface area contributed by atoms with Crippen molar-refractivity contribution in [2.75, 3.05) is 40.0 Å². The molecule has 0 N–H and O–H groups in total. The lowest BCUT2D eigenvalue weighted by Gasteiger charge is -2.26. The molecule has 1 aromatic carbocycles. The van der Waals surface area contributed by atoms with Crippen LogP contribution in [0.25, 0.3) is 0 Å². The molecule has 9 heteroatoms. The normalized spacial score (nSPS) is 28.7. The summed E-state index contributed by atoms with van der Waals surface area (Å²) in [7, 11) is 1.50. The molecule has 5 rings (SSSR count). The van der Waals surface area contributed by atoms with Gasteiger partial charge in [-0.05, 0) is 42.0 Å². The first-order chi connectivity index (χ1) is 15.6. The highest BCUT2D eigenvalue weighted by atomic mass is 16.5. The van der Waals surface area contributed by atoms with Crippen molar-refractivity contribution in [2.45, 2.75) is 6.42 Å². The van der Waals surface area contributed by atoms with Crippen LogP contribution in [0.4, 0.5) is 0 Å². The first-order valence-corrected chi connectivity index (χ1v) is 10.8. The number of amides is 3. The predicted octanol–water partition coefficient (Wildman–Crippen LogP) is 1.07. The van der Waals surface area contributed by atoms with E-state index in [1.165, 1.54) is 13.3 Å². The number of imide groups is 1. The molecule has 0 radical (unpaired) electrons. The zero-order valence-electron chi connectivity index (χ0n) is 17.8. The molecule has 4 atom stereocenters. The minimum absolute atomic E-state index is 0.0975. The van der Waals surface area contributed by atoms with E-state index in [-0.39, 0.29) is 48.0 Å². The summed E-state index contributed by atoms with van der Waals surface area (Å²) < 4.78 is 16.3. The summed E-state index contributed by atoms with van der Waals surface area (Å²) in [5.74, 6) is 0.0626. The van der Waals surface area contributed by atoms with Gasteiger partial charge in [0, 0.05) is 13.1 Å². The Morgan fingerprint density at radius 2 is 1.81 bits per heavy atom. The third-order valence-corrected chi connectivity index (χ3v) is 6.67. The molecule has 3 fully saturated rings. The molecule has 32 heavy (non-hydrogen) atoms. The zero-order valence-corrected chi connectivity index (χ0v) is 17.8. The number of carbonyl (C=O) groups excluding carboxylic acids is 3. The first-order valence-electron chi connectivity index (χ1n) is 10.8. The van der Waals surface area contributed by atoms with Gasteiger partial charge in [0.1, 0.15) is 0 Å². The van der Waals surface area contributed by atoms with Gasteiger partial charge in [-0.2, -0.15) is 10.1 Å². The molecule has 1 saturated carbocycles. The molecule has 2 bridgehead atoms. The van der Waals surface area contributed by atoms with Crippen LogP contribution in [0.2, 0.25) is 0 Å². The van der Waals surface area contributed by atoms with Gasteiger partial charge in [0.15, 0.2) is 18.1 Å². The quantitative estimate of drug-likeness (QED) is 0.374. The number of morpholine rings is 1. The molecule has 4 unspecified atom stereocenters. The van der Waals surface area contributed by atoms with E-state index in [2.05, 4.69) is 17.3 Å².